The lowest BCUT2D eigenvalue weighted by atomic mass is 9.87. The molecule has 2 saturated heterocycles. The van der Waals surface area contributed by atoms with Crippen LogP contribution in [0.1, 0.15) is 50.5 Å². The van der Waals surface area contributed by atoms with Gasteiger partial charge in [0.15, 0.2) is 0 Å². The Balaban J connectivity index is 1.35. The van der Waals surface area contributed by atoms with Gasteiger partial charge in [-0.2, -0.15) is 0 Å². The second-order valence-electron chi connectivity index (χ2n) is 8.50. The lowest BCUT2D eigenvalue weighted by Crippen LogP contribution is -2.67. The van der Waals surface area contributed by atoms with Crippen molar-refractivity contribution in [2.24, 2.45) is 5.92 Å². The Morgan fingerprint density at radius 3 is 2.55 bits per heavy atom. The molecule has 6 nitrogen and oxygen atoms in total. The van der Waals surface area contributed by atoms with Crippen LogP contribution in [0, 0.1) is 11.7 Å². The molecule has 0 radical (unpaired) electrons. The zero-order chi connectivity index (χ0) is 20.4. The zero-order valence-electron chi connectivity index (χ0n) is 16.5. The first-order valence-electron chi connectivity index (χ1n) is 10.7. The van der Waals surface area contributed by atoms with E-state index in [0.717, 1.165) is 31.2 Å². The Hall–Kier alpha value is -2.44. The summed E-state index contributed by atoms with van der Waals surface area (Å²) in [6.07, 6.45) is 6.76. The van der Waals surface area contributed by atoms with Gasteiger partial charge in [0, 0.05) is 24.9 Å². The van der Waals surface area contributed by atoms with Crippen molar-refractivity contribution in [1.82, 2.24) is 15.5 Å². The van der Waals surface area contributed by atoms with Crippen molar-refractivity contribution in [2.75, 3.05) is 6.54 Å². The second kappa shape index (κ2) is 8.51. The summed E-state index contributed by atoms with van der Waals surface area (Å²) in [5.74, 6) is -0.418. The van der Waals surface area contributed by atoms with Gasteiger partial charge in [0.05, 0.1) is 0 Å². The summed E-state index contributed by atoms with van der Waals surface area (Å²) in [7, 11) is 0. The second-order valence-corrected chi connectivity index (χ2v) is 8.50. The van der Waals surface area contributed by atoms with Crippen LogP contribution in [0.4, 0.5) is 4.39 Å². The number of nitrogens with one attached hydrogen (secondary N) is 2. The monoisotopic (exact) mass is 401 g/mol. The largest absolute Gasteiger partial charge is 0.353 e. The summed E-state index contributed by atoms with van der Waals surface area (Å²) in [4.78, 5) is 39.8. The van der Waals surface area contributed by atoms with Crippen molar-refractivity contribution in [3.63, 3.8) is 0 Å². The Morgan fingerprint density at radius 1 is 1.10 bits per heavy atom. The van der Waals surface area contributed by atoms with Crippen LogP contribution >= 0.6 is 0 Å². The molecule has 3 unspecified atom stereocenters. The van der Waals surface area contributed by atoms with E-state index < -0.39 is 12.1 Å². The molecule has 1 aliphatic carbocycles. The molecule has 0 aromatic heterocycles. The molecular weight excluding hydrogens is 373 g/mol. The van der Waals surface area contributed by atoms with Crippen molar-refractivity contribution < 1.29 is 18.8 Å². The Kier molecular flexibility index (Phi) is 5.83. The van der Waals surface area contributed by atoms with Crippen LogP contribution in [0.2, 0.25) is 0 Å². The molecular formula is C22H28FN3O3. The highest BCUT2D eigenvalue weighted by Gasteiger charge is 2.44. The molecule has 3 amide bonds. The van der Waals surface area contributed by atoms with E-state index in [1.54, 1.807) is 17.0 Å². The molecule has 2 heterocycles. The number of piperazine rings is 1. The van der Waals surface area contributed by atoms with Crippen LogP contribution in [-0.4, -0.2) is 47.3 Å². The smallest absolute Gasteiger partial charge is 0.246 e. The van der Waals surface area contributed by atoms with Gasteiger partial charge in [0.25, 0.3) is 0 Å². The van der Waals surface area contributed by atoms with Crippen LogP contribution in [0.25, 0.3) is 0 Å². The number of hydrogen-bond acceptors (Lipinski definition) is 3. The van der Waals surface area contributed by atoms with E-state index in [9.17, 15) is 18.8 Å². The van der Waals surface area contributed by atoms with Crippen molar-refractivity contribution in [2.45, 2.75) is 69.5 Å². The SMILES string of the molecule is O=C(NC1CCN2C(=O)C(Cc3ccc(F)cc3)NC(=O)C2C1)C1CCCCC1. The number of rotatable bonds is 4. The van der Waals surface area contributed by atoms with Gasteiger partial charge in [-0.05, 0) is 43.4 Å². The Labute approximate surface area is 170 Å². The number of piperidine rings is 1. The van der Waals surface area contributed by atoms with Gasteiger partial charge in [-0.3, -0.25) is 14.4 Å². The predicted octanol–water partition coefficient (Wildman–Crippen LogP) is 1.92. The van der Waals surface area contributed by atoms with Gasteiger partial charge in [0.1, 0.15) is 17.9 Å². The number of hydrogen-bond donors (Lipinski definition) is 2. The standard InChI is InChI=1S/C22H28FN3O3/c23-16-8-6-14(7-9-16)12-18-22(29)26-11-10-17(13-19(26)21(28)25-18)24-20(27)15-4-2-1-3-5-15/h6-9,15,17-19H,1-5,10-13H2,(H,24,27)(H,25,28). The molecule has 156 valence electrons. The molecule has 3 aliphatic rings. The number of halogens is 1. The summed E-state index contributed by atoms with van der Waals surface area (Å²) in [5.41, 5.74) is 0.804. The van der Waals surface area contributed by atoms with Gasteiger partial charge in [-0.25, -0.2) is 4.39 Å². The quantitative estimate of drug-likeness (QED) is 0.809. The molecule has 1 aromatic carbocycles. The predicted molar refractivity (Wildman–Crippen MR) is 105 cm³/mol. The van der Waals surface area contributed by atoms with Crippen molar-refractivity contribution in [1.29, 1.82) is 0 Å². The molecule has 29 heavy (non-hydrogen) atoms. The molecule has 2 N–H and O–H groups in total. The number of benzene rings is 1. The average Bonchev–Trinajstić information content (AvgIpc) is 2.74. The fourth-order valence-electron chi connectivity index (χ4n) is 4.82. The fourth-order valence-corrected chi connectivity index (χ4v) is 4.82. The summed E-state index contributed by atoms with van der Waals surface area (Å²) >= 11 is 0. The average molecular weight is 401 g/mol. The third kappa shape index (κ3) is 4.43. The van der Waals surface area contributed by atoms with Gasteiger partial charge >= 0.3 is 0 Å². The molecule has 7 heteroatoms. The van der Waals surface area contributed by atoms with E-state index in [1.807, 2.05) is 0 Å². The third-order valence-electron chi connectivity index (χ3n) is 6.48. The third-order valence-corrected chi connectivity index (χ3v) is 6.48. The van der Waals surface area contributed by atoms with E-state index in [-0.39, 0.29) is 35.5 Å². The van der Waals surface area contributed by atoms with Crippen LogP contribution < -0.4 is 10.6 Å². The van der Waals surface area contributed by atoms with E-state index in [1.165, 1.54) is 18.6 Å². The lowest BCUT2D eigenvalue weighted by molar-refractivity contribution is -0.152. The zero-order valence-corrected chi connectivity index (χ0v) is 16.5. The summed E-state index contributed by atoms with van der Waals surface area (Å²) < 4.78 is 13.1. The molecule has 4 rings (SSSR count). The van der Waals surface area contributed by atoms with Crippen LogP contribution in [0.15, 0.2) is 24.3 Å². The maximum Gasteiger partial charge on any atom is 0.246 e. The molecule has 2 aliphatic heterocycles. The maximum absolute atomic E-state index is 13.1. The van der Waals surface area contributed by atoms with Gasteiger partial charge in [-0.1, -0.05) is 31.4 Å². The molecule has 3 atom stereocenters. The van der Waals surface area contributed by atoms with Crippen molar-refractivity contribution in [3.05, 3.63) is 35.6 Å². The Bertz CT molecular complexity index is 776. The van der Waals surface area contributed by atoms with Gasteiger partial charge in [0.2, 0.25) is 17.7 Å². The molecule has 3 fully saturated rings. The molecule has 0 spiro atoms. The Morgan fingerprint density at radius 2 is 1.83 bits per heavy atom. The highest BCUT2D eigenvalue weighted by molar-refractivity contribution is 5.97. The minimum atomic E-state index is -0.627. The van der Waals surface area contributed by atoms with Gasteiger partial charge < -0.3 is 15.5 Å². The van der Waals surface area contributed by atoms with E-state index in [4.69, 9.17) is 0 Å². The van der Waals surface area contributed by atoms with E-state index in [0.29, 0.717) is 25.8 Å². The first-order chi connectivity index (χ1) is 14.0. The van der Waals surface area contributed by atoms with Crippen LogP contribution in [-0.2, 0) is 20.8 Å². The summed E-state index contributed by atoms with van der Waals surface area (Å²) in [6.45, 7) is 0.465. The minimum Gasteiger partial charge on any atom is -0.353 e. The highest BCUT2D eigenvalue weighted by atomic mass is 19.1. The number of amides is 3. The lowest BCUT2D eigenvalue weighted by Gasteiger charge is -2.44. The van der Waals surface area contributed by atoms with Gasteiger partial charge in [-0.15, -0.1) is 0 Å². The molecule has 0 bridgehead atoms. The first-order valence-corrected chi connectivity index (χ1v) is 10.7. The highest BCUT2D eigenvalue weighted by Crippen LogP contribution is 2.26. The summed E-state index contributed by atoms with van der Waals surface area (Å²) in [6, 6.07) is 4.75. The molecule has 1 saturated carbocycles. The maximum atomic E-state index is 13.1. The van der Waals surface area contributed by atoms with Crippen molar-refractivity contribution in [3.8, 4) is 0 Å². The number of fused-ring (bicyclic) bond motifs is 1. The van der Waals surface area contributed by atoms with Crippen LogP contribution in [0.5, 0.6) is 0 Å². The topological polar surface area (TPSA) is 78.5 Å². The van der Waals surface area contributed by atoms with E-state index in [2.05, 4.69) is 10.6 Å². The normalized spacial score (nSPS) is 27.9. The summed E-state index contributed by atoms with van der Waals surface area (Å²) in [5, 5.41) is 5.95. The minimum absolute atomic E-state index is 0.0714. The van der Waals surface area contributed by atoms with Crippen LogP contribution in [0.3, 0.4) is 0 Å². The van der Waals surface area contributed by atoms with E-state index >= 15 is 0 Å². The number of carbonyl (C=O) groups excluding carboxylic acids is 3. The van der Waals surface area contributed by atoms with Crippen molar-refractivity contribution >= 4 is 17.7 Å². The molecule has 1 aromatic rings. The first kappa shape index (κ1) is 19.9. The number of carbonyl (C=O) groups is 3. The number of nitrogens with zero attached hydrogens (tertiary/aromatic N) is 1. The fraction of sp³-hybridized carbons (Fsp3) is 0.591.